The first-order valence-corrected chi connectivity index (χ1v) is 12.6. The molecule has 0 radical (unpaired) electrons. The Morgan fingerprint density at radius 2 is 1.00 bits per heavy atom. The van der Waals surface area contributed by atoms with Crippen LogP contribution >= 0.6 is 0 Å². The minimum atomic E-state index is 0.617. The van der Waals surface area contributed by atoms with Gasteiger partial charge in [-0.2, -0.15) is 0 Å². The van der Waals surface area contributed by atoms with E-state index in [-0.39, 0.29) is 0 Å². The number of rotatable bonds is 14. The highest BCUT2D eigenvalue weighted by Gasteiger charge is 2.05. The lowest BCUT2D eigenvalue weighted by Crippen LogP contribution is -1.99. The fraction of sp³-hybridized carbons (Fsp3) is 0.600. The normalized spacial score (nSPS) is 11.6. The number of benzene rings is 2. The summed E-state index contributed by atoms with van der Waals surface area (Å²) < 4.78 is 5.86. The highest BCUT2D eigenvalue weighted by Crippen LogP contribution is 2.22. The highest BCUT2D eigenvalue weighted by atomic mass is 16.5. The lowest BCUT2D eigenvalue weighted by atomic mass is 9.95. The molecule has 0 saturated heterocycles. The predicted octanol–water partition coefficient (Wildman–Crippen LogP) is 8.69. The molecule has 1 heteroatoms. The average molecular weight is 423 g/mol. The van der Waals surface area contributed by atoms with Crippen molar-refractivity contribution in [2.45, 2.75) is 105 Å². The van der Waals surface area contributed by atoms with Crippen LogP contribution in [0.1, 0.15) is 111 Å². The molecule has 0 saturated carbocycles. The largest absolute Gasteiger partial charge is 0.381 e. The third kappa shape index (κ3) is 9.19. The Bertz CT molecular complexity index is 706. The molecule has 0 heterocycles. The molecule has 0 amide bonds. The van der Waals surface area contributed by atoms with Crippen LogP contribution in [0.5, 0.6) is 0 Å². The summed E-state index contributed by atoms with van der Waals surface area (Å²) >= 11 is 0. The van der Waals surface area contributed by atoms with Crippen molar-refractivity contribution in [3.8, 4) is 0 Å². The van der Waals surface area contributed by atoms with Crippen LogP contribution in [0.3, 0.4) is 0 Å². The molecule has 0 bridgehead atoms. The molecule has 172 valence electrons. The molecule has 0 aliphatic rings. The van der Waals surface area contributed by atoms with Gasteiger partial charge >= 0.3 is 0 Å². The maximum atomic E-state index is 5.86. The van der Waals surface area contributed by atoms with Gasteiger partial charge in [-0.1, -0.05) is 76.9 Å². The maximum absolute atomic E-state index is 5.86. The quantitative estimate of drug-likeness (QED) is 0.277. The van der Waals surface area contributed by atoms with Crippen molar-refractivity contribution in [2.24, 2.45) is 0 Å². The van der Waals surface area contributed by atoms with Crippen molar-refractivity contribution in [3.05, 3.63) is 69.8 Å². The third-order valence-corrected chi connectivity index (χ3v) is 6.42. The fourth-order valence-electron chi connectivity index (χ4n) is 4.60. The molecular weight excluding hydrogens is 376 g/mol. The zero-order valence-corrected chi connectivity index (χ0v) is 21.1. The van der Waals surface area contributed by atoms with E-state index in [4.69, 9.17) is 4.74 Å². The molecule has 1 nitrogen and oxygen atoms in total. The Kier molecular flexibility index (Phi) is 11.4. The van der Waals surface area contributed by atoms with Gasteiger partial charge in [0.05, 0.1) is 0 Å². The SMILES string of the molecule is Cc1cc(CCCCCOCCCCCc2ccc(C(C)C)c(C)c2)ccc1C(C)C. The summed E-state index contributed by atoms with van der Waals surface area (Å²) in [5, 5.41) is 0. The van der Waals surface area contributed by atoms with Gasteiger partial charge in [-0.15, -0.1) is 0 Å². The van der Waals surface area contributed by atoms with Gasteiger partial charge in [-0.25, -0.2) is 0 Å². The van der Waals surface area contributed by atoms with Crippen molar-refractivity contribution < 1.29 is 4.74 Å². The van der Waals surface area contributed by atoms with E-state index in [0.717, 1.165) is 13.2 Å². The number of hydrogen-bond donors (Lipinski definition) is 0. The van der Waals surface area contributed by atoms with E-state index in [9.17, 15) is 0 Å². The van der Waals surface area contributed by atoms with Crippen LogP contribution in [-0.2, 0) is 17.6 Å². The second-order valence-electron chi connectivity index (χ2n) is 9.92. The molecule has 0 aromatic heterocycles. The number of aryl methyl sites for hydroxylation is 4. The molecule has 31 heavy (non-hydrogen) atoms. The smallest absolute Gasteiger partial charge is 0.0466 e. The van der Waals surface area contributed by atoms with Crippen molar-refractivity contribution in [1.29, 1.82) is 0 Å². The van der Waals surface area contributed by atoms with Crippen molar-refractivity contribution in [1.82, 2.24) is 0 Å². The summed E-state index contributed by atoms with van der Waals surface area (Å²) in [7, 11) is 0. The van der Waals surface area contributed by atoms with Crippen LogP contribution in [0.25, 0.3) is 0 Å². The van der Waals surface area contributed by atoms with Crippen LogP contribution in [0.15, 0.2) is 36.4 Å². The maximum Gasteiger partial charge on any atom is 0.0466 e. The number of ether oxygens (including phenoxy) is 1. The van der Waals surface area contributed by atoms with E-state index < -0.39 is 0 Å². The van der Waals surface area contributed by atoms with E-state index in [2.05, 4.69) is 77.9 Å². The molecule has 0 spiro atoms. The zero-order chi connectivity index (χ0) is 22.6. The minimum Gasteiger partial charge on any atom is -0.381 e. The average Bonchev–Trinajstić information content (AvgIpc) is 2.71. The summed E-state index contributed by atoms with van der Waals surface area (Å²) in [4.78, 5) is 0. The highest BCUT2D eigenvalue weighted by molar-refractivity contribution is 5.34. The molecule has 0 unspecified atom stereocenters. The van der Waals surface area contributed by atoms with Gasteiger partial charge in [0.15, 0.2) is 0 Å². The fourth-order valence-corrected chi connectivity index (χ4v) is 4.60. The first-order chi connectivity index (χ1) is 14.9. The minimum absolute atomic E-state index is 0.617. The van der Waals surface area contributed by atoms with Crippen molar-refractivity contribution in [2.75, 3.05) is 13.2 Å². The Morgan fingerprint density at radius 1 is 0.581 bits per heavy atom. The van der Waals surface area contributed by atoms with Crippen LogP contribution in [0.4, 0.5) is 0 Å². The van der Waals surface area contributed by atoms with E-state index in [1.807, 2.05) is 0 Å². The van der Waals surface area contributed by atoms with Crippen LogP contribution in [-0.4, -0.2) is 13.2 Å². The van der Waals surface area contributed by atoms with Gasteiger partial charge in [-0.3, -0.25) is 0 Å². The van der Waals surface area contributed by atoms with Gasteiger partial charge < -0.3 is 4.74 Å². The molecule has 2 aromatic carbocycles. The van der Waals surface area contributed by atoms with Crippen molar-refractivity contribution in [3.63, 3.8) is 0 Å². The number of hydrogen-bond acceptors (Lipinski definition) is 1. The van der Waals surface area contributed by atoms with Gasteiger partial charge in [-0.05, 0) is 97.6 Å². The second kappa shape index (κ2) is 13.7. The molecule has 0 N–H and O–H groups in total. The van der Waals surface area contributed by atoms with E-state index in [1.165, 1.54) is 84.7 Å². The summed E-state index contributed by atoms with van der Waals surface area (Å²) in [6.07, 6.45) is 9.80. The zero-order valence-electron chi connectivity index (χ0n) is 21.1. The van der Waals surface area contributed by atoms with E-state index >= 15 is 0 Å². The van der Waals surface area contributed by atoms with Crippen LogP contribution < -0.4 is 0 Å². The van der Waals surface area contributed by atoms with Crippen LogP contribution in [0.2, 0.25) is 0 Å². The molecule has 0 atom stereocenters. The van der Waals surface area contributed by atoms with Gasteiger partial charge in [0.1, 0.15) is 0 Å². The Balaban J connectivity index is 1.47. The van der Waals surface area contributed by atoms with E-state index in [1.54, 1.807) is 0 Å². The van der Waals surface area contributed by atoms with Gasteiger partial charge in [0.25, 0.3) is 0 Å². The second-order valence-corrected chi connectivity index (χ2v) is 9.92. The third-order valence-electron chi connectivity index (χ3n) is 6.42. The van der Waals surface area contributed by atoms with Gasteiger partial charge in [0.2, 0.25) is 0 Å². The summed E-state index contributed by atoms with van der Waals surface area (Å²) in [5.41, 5.74) is 8.82. The Hall–Kier alpha value is -1.60. The van der Waals surface area contributed by atoms with Crippen LogP contribution in [0, 0.1) is 13.8 Å². The summed E-state index contributed by atoms with van der Waals surface area (Å²) in [6.45, 7) is 15.4. The molecule has 2 aromatic rings. The molecule has 2 rings (SSSR count). The summed E-state index contributed by atoms with van der Waals surface area (Å²) in [6, 6.07) is 14.0. The predicted molar refractivity (Wildman–Crippen MR) is 136 cm³/mol. The van der Waals surface area contributed by atoms with Crippen molar-refractivity contribution >= 4 is 0 Å². The first-order valence-electron chi connectivity index (χ1n) is 12.6. The lowest BCUT2D eigenvalue weighted by molar-refractivity contribution is 0.126. The molecule has 0 aliphatic heterocycles. The van der Waals surface area contributed by atoms with E-state index in [0.29, 0.717) is 11.8 Å². The lowest BCUT2D eigenvalue weighted by Gasteiger charge is -2.12. The first kappa shape index (κ1) is 25.7. The van der Waals surface area contributed by atoms with Gasteiger partial charge in [0, 0.05) is 13.2 Å². The standard InChI is InChI=1S/C30H46O/c1-23(2)29-17-15-27(21-25(29)5)13-9-7-11-19-31-20-12-8-10-14-28-16-18-30(24(3)4)26(6)22-28/h15-18,21-24H,7-14,19-20H2,1-6H3. The molecular formula is C30H46O. The summed E-state index contributed by atoms with van der Waals surface area (Å²) in [5.74, 6) is 1.23. The molecule has 0 fully saturated rings. The number of unbranched alkanes of at least 4 members (excludes halogenated alkanes) is 4. The Labute approximate surface area is 192 Å². The topological polar surface area (TPSA) is 9.23 Å². The monoisotopic (exact) mass is 422 g/mol. The molecule has 0 aliphatic carbocycles. The Morgan fingerprint density at radius 3 is 1.35 bits per heavy atom.